The van der Waals surface area contributed by atoms with Crippen molar-refractivity contribution in [2.24, 2.45) is 34.5 Å². The maximum atomic E-state index is 11.9. The average molecular weight is 314 g/mol. The van der Waals surface area contributed by atoms with Crippen molar-refractivity contribution in [3.05, 3.63) is 24.3 Å². The van der Waals surface area contributed by atoms with E-state index in [9.17, 15) is 9.90 Å². The second-order valence-electron chi connectivity index (χ2n) is 9.08. The summed E-state index contributed by atoms with van der Waals surface area (Å²) in [6.07, 6.45) is 11.1. The zero-order valence-corrected chi connectivity index (χ0v) is 14.6. The molecular formula is C21H30O2. The lowest BCUT2D eigenvalue weighted by molar-refractivity contribution is -0.119. The van der Waals surface area contributed by atoms with Crippen molar-refractivity contribution < 1.29 is 9.90 Å². The van der Waals surface area contributed by atoms with Crippen molar-refractivity contribution in [1.29, 1.82) is 0 Å². The Morgan fingerprint density at radius 1 is 1.22 bits per heavy atom. The molecule has 4 aliphatic rings. The molecule has 1 N–H and O–H groups in total. The number of carbonyl (C=O) groups excluding carboxylic acids is 1. The van der Waals surface area contributed by atoms with Crippen LogP contribution in [0.2, 0.25) is 0 Å². The van der Waals surface area contributed by atoms with Gasteiger partial charge in [-0.25, -0.2) is 0 Å². The van der Waals surface area contributed by atoms with Crippen LogP contribution in [0.3, 0.4) is 0 Å². The van der Waals surface area contributed by atoms with E-state index in [2.05, 4.69) is 26.5 Å². The van der Waals surface area contributed by atoms with Gasteiger partial charge in [0.15, 0.2) is 5.78 Å². The fourth-order valence-corrected chi connectivity index (χ4v) is 7.03. The summed E-state index contributed by atoms with van der Waals surface area (Å²) in [6.45, 7) is 8.89. The minimum Gasteiger partial charge on any atom is -0.389 e. The molecule has 0 aromatic heterocycles. The molecule has 0 spiro atoms. The van der Waals surface area contributed by atoms with Crippen molar-refractivity contribution in [2.45, 2.75) is 64.9 Å². The highest BCUT2D eigenvalue weighted by atomic mass is 16.3. The van der Waals surface area contributed by atoms with Crippen molar-refractivity contribution >= 4 is 5.78 Å². The summed E-state index contributed by atoms with van der Waals surface area (Å²) >= 11 is 0. The lowest BCUT2D eigenvalue weighted by atomic mass is 9.46. The Labute approximate surface area is 140 Å². The van der Waals surface area contributed by atoms with Crippen molar-refractivity contribution in [3.63, 3.8) is 0 Å². The van der Waals surface area contributed by atoms with Crippen LogP contribution in [0.5, 0.6) is 0 Å². The van der Waals surface area contributed by atoms with Crippen molar-refractivity contribution in [1.82, 2.24) is 0 Å². The van der Waals surface area contributed by atoms with Gasteiger partial charge < -0.3 is 5.11 Å². The number of aliphatic hydroxyl groups excluding tert-OH is 1. The summed E-state index contributed by atoms with van der Waals surface area (Å²) in [5.41, 5.74) is 1.48. The molecule has 0 aromatic rings. The van der Waals surface area contributed by atoms with Crippen LogP contribution in [0.25, 0.3) is 0 Å². The number of fused-ring (bicyclic) bond motifs is 5. The Bertz CT molecular complexity index is 576. The quantitative estimate of drug-likeness (QED) is 0.733. The summed E-state index contributed by atoms with van der Waals surface area (Å²) in [4.78, 5) is 11.9. The van der Waals surface area contributed by atoms with E-state index in [4.69, 9.17) is 0 Å². The zero-order valence-electron chi connectivity index (χ0n) is 14.6. The van der Waals surface area contributed by atoms with E-state index < -0.39 is 6.10 Å². The van der Waals surface area contributed by atoms with E-state index in [1.165, 1.54) is 25.7 Å². The summed E-state index contributed by atoms with van der Waals surface area (Å²) in [5, 5.41) is 10.8. The summed E-state index contributed by atoms with van der Waals surface area (Å²) in [7, 11) is 0. The molecule has 0 heterocycles. The molecule has 6 unspecified atom stereocenters. The highest BCUT2D eigenvalue weighted by Crippen LogP contribution is 2.66. The summed E-state index contributed by atoms with van der Waals surface area (Å²) in [6, 6.07) is 0. The molecule has 3 saturated carbocycles. The van der Waals surface area contributed by atoms with E-state index in [0.717, 1.165) is 24.3 Å². The third kappa shape index (κ3) is 2.00. The fourth-order valence-electron chi connectivity index (χ4n) is 7.03. The van der Waals surface area contributed by atoms with Crippen LogP contribution in [0.4, 0.5) is 0 Å². The van der Waals surface area contributed by atoms with Gasteiger partial charge in [0, 0.05) is 6.42 Å². The highest BCUT2D eigenvalue weighted by molar-refractivity contribution is 5.91. The highest BCUT2D eigenvalue weighted by Gasteiger charge is 2.59. The zero-order chi connectivity index (χ0) is 16.4. The van der Waals surface area contributed by atoms with Crippen LogP contribution in [0, 0.1) is 34.5 Å². The van der Waals surface area contributed by atoms with E-state index in [-0.39, 0.29) is 11.2 Å². The molecule has 23 heavy (non-hydrogen) atoms. The minimum atomic E-state index is -0.407. The molecule has 7 atom stereocenters. The number of hydrogen-bond acceptors (Lipinski definition) is 2. The largest absolute Gasteiger partial charge is 0.389 e. The Balaban J connectivity index is 1.72. The fraction of sp³-hybridized carbons (Fsp3) is 0.762. The molecule has 2 heteroatoms. The Kier molecular flexibility index (Phi) is 3.43. The van der Waals surface area contributed by atoms with Gasteiger partial charge in [0.2, 0.25) is 0 Å². The molecule has 2 nitrogen and oxygen atoms in total. The number of aliphatic hydroxyl groups is 1. The number of carbonyl (C=O) groups is 1. The van der Waals surface area contributed by atoms with Crippen LogP contribution in [-0.2, 0) is 4.79 Å². The number of allylic oxidation sites excluding steroid dienone is 1. The molecule has 0 radical (unpaired) electrons. The minimum absolute atomic E-state index is 0.0455. The smallest absolute Gasteiger partial charge is 0.155 e. The molecule has 0 aromatic carbocycles. The van der Waals surface area contributed by atoms with Crippen LogP contribution in [-0.4, -0.2) is 17.0 Å². The van der Waals surface area contributed by atoms with Gasteiger partial charge in [-0.15, -0.1) is 6.58 Å². The average Bonchev–Trinajstić information content (AvgIpc) is 2.86. The second kappa shape index (κ2) is 5.05. The number of ketones is 1. The van der Waals surface area contributed by atoms with Gasteiger partial charge >= 0.3 is 0 Å². The summed E-state index contributed by atoms with van der Waals surface area (Å²) in [5.74, 6) is 2.83. The number of hydrogen-bond donors (Lipinski definition) is 1. The van der Waals surface area contributed by atoms with Gasteiger partial charge in [0.05, 0.1) is 6.10 Å². The van der Waals surface area contributed by atoms with Gasteiger partial charge in [-0.1, -0.05) is 19.9 Å². The van der Waals surface area contributed by atoms with Crippen LogP contribution in [0.15, 0.2) is 24.3 Å². The van der Waals surface area contributed by atoms with Crippen LogP contribution >= 0.6 is 0 Å². The predicted molar refractivity (Wildman–Crippen MR) is 91.8 cm³/mol. The lowest BCUT2D eigenvalue weighted by Gasteiger charge is -2.59. The van der Waals surface area contributed by atoms with Gasteiger partial charge in [-0.2, -0.15) is 0 Å². The maximum absolute atomic E-state index is 11.9. The van der Waals surface area contributed by atoms with Crippen molar-refractivity contribution in [2.75, 3.05) is 0 Å². The first kappa shape index (κ1) is 15.6. The topological polar surface area (TPSA) is 37.3 Å². The van der Waals surface area contributed by atoms with Crippen LogP contribution < -0.4 is 0 Å². The third-order valence-electron chi connectivity index (χ3n) is 8.33. The monoisotopic (exact) mass is 314 g/mol. The van der Waals surface area contributed by atoms with Crippen molar-refractivity contribution in [3.8, 4) is 0 Å². The molecule has 4 rings (SSSR count). The van der Waals surface area contributed by atoms with Gasteiger partial charge in [0.1, 0.15) is 0 Å². The SMILES string of the molecule is C=C[C@H]1CCC2C3CC(O)C4=CC(=O)CCC4(C)C3CCC21C. The molecule has 0 bridgehead atoms. The number of rotatable bonds is 1. The van der Waals surface area contributed by atoms with E-state index >= 15 is 0 Å². The molecule has 0 saturated heterocycles. The molecule has 0 aliphatic heterocycles. The van der Waals surface area contributed by atoms with E-state index in [1.54, 1.807) is 6.08 Å². The lowest BCUT2D eigenvalue weighted by Crippen LogP contribution is -2.53. The third-order valence-corrected chi connectivity index (χ3v) is 8.33. The van der Waals surface area contributed by atoms with Crippen LogP contribution in [0.1, 0.15) is 58.8 Å². The van der Waals surface area contributed by atoms with Gasteiger partial charge in [-0.3, -0.25) is 4.79 Å². The first-order valence-electron chi connectivity index (χ1n) is 9.45. The molecular weight excluding hydrogens is 284 g/mol. The van der Waals surface area contributed by atoms with Gasteiger partial charge in [0.25, 0.3) is 0 Å². The predicted octanol–water partition coefficient (Wildman–Crippen LogP) is 4.29. The standard InChI is InChI=1S/C21H30O2/c1-4-13-5-6-16-15-12-19(23)18-11-14(22)7-9-21(18,3)17(15)8-10-20(13,16)2/h4,11,13,15-17,19,23H,1,5-10,12H2,2-3H3/t13-,15?,16?,17?,19?,20?,21?/m0/s1. The second-order valence-corrected chi connectivity index (χ2v) is 9.08. The first-order valence-corrected chi connectivity index (χ1v) is 9.45. The molecule has 0 amide bonds. The van der Waals surface area contributed by atoms with E-state index in [1.807, 2.05) is 0 Å². The van der Waals surface area contributed by atoms with E-state index in [0.29, 0.717) is 29.6 Å². The molecule has 3 fully saturated rings. The Morgan fingerprint density at radius 3 is 2.74 bits per heavy atom. The molecule has 126 valence electrons. The normalized spacial score (nSPS) is 52.2. The van der Waals surface area contributed by atoms with Gasteiger partial charge in [-0.05, 0) is 84.7 Å². The Morgan fingerprint density at radius 2 is 2.00 bits per heavy atom. The maximum Gasteiger partial charge on any atom is 0.155 e. The summed E-state index contributed by atoms with van der Waals surface area (Å²) < 4.78 is 0. The molecule has 4 aliphatic carbocycles. The Hall–Kier alpha value is -0.890. The first-order chi connectivity index (χ1) is 10.9.